The lowest BCUT2D eigenvalue weighted by Gasteiger charge is -2.04. The molecule has 0 bridgehead atoms. The van der Waals surface area contributed by atoms with Gasteiger partial charge in [0.2, 0.25) is 5.88 Å². The number of aromatic nitrogens is 1. The molecule has 0 aliphatic carbocycles. The standard InChI is InChI=1S/C8H10N2O3.ClH/c1-12-7-3-5(8(11)13-2)6(9)4-10-7;/h3-4H,9H2,1-2H3;1H. The van der Waals surface area contributed by atoms with Crippen molar-refractivity contribution in [2.24, 2.45) is 0 Å². The van der Waals surface area contributed by atoms with Gasteiger partial charge in [0.05, 0.1) is 31.7 Å². The largest absolute Gasteiger partial charge is 0.481 e. The van der Waals surface area contributed by atoms with Crippen LogP contribution in [-0.4, -0.2) is 25.2 Å². The third-order valence-electron chi connectivity index (χ3n) is 1.52. The van der Waals surface area contributed by atoms with Gasteiger partial charge < -0.3 is 15.2 Å². The van der Waals surface area contributed by atoms with E-state index in [0.717, 1.165) is 0 Å². The molecule has 0 aliphatic heterocycles. The fourth-order valence-corrected chi connectivity index (χ4v) is 0.845. The van der Waals surface area contributed by atoms with Crippen LogP contribution in [0.15, 0.2) is 12.3 Å². The zero-order valence-electron chi connectivity index (χ0n) is 7.81. The predicted octanol–water partition coefficient (Wildman–Crippen LogP) is 0.881. The van der Waals surface area contributed by atoms with Gasteiger partial charge in [-0.2, -0.15) is 0 Å². The second kappa shape index (κ2) is 5.29. The Balaban J connectivity index is 0.00000169. The minimum atomic E-state index is -0.502. The van der Waals surface area contributed by atoms with Crippen molar-refractivity contribution < 1.29 is 14.3 Å². The number of nitrogens with two attached hydrogens (primary N) is 1. The lowest BCUT2D eigenvalue weighted by Crippen LogP contribution is -2.06. The molecule has 0 aliphatic rings. The molecule has 0 unspecified atom stereocenters. The Morgan fingerprint density at radius 2 is 2.14 bits per heavy atom. The van der Waals surface area contributed by atoms with Crippen LogP contribution in [0, 0.1) is 0 Å². The minimum Gasteiger partial charge on any atom is -0.481 e. The first kappa shape index (κ1) is 12.5. The van der Waals surface area contributed by atoms with Gasteiger partial charge in [-0.3, -0.25) is 0 Å². The molecule has 0 saturated carbocycles. The maximum atomic E-state index is 11.1. The summed E-state index contributed by atoms with van der Waals surface area (Å²) in [5.74, 6) is -0.173. The van der Waals surface area contributed by atoms with E-state index >= 15 is 0 Å². The molecular formula is C8H11ClN2O3. The van der Waals surface area contributed by atoms with Crippen molar-refractivity contribution in [3.8, 4) is 5.88 Å². The number of carbonyl (C=O) groups excluding carboxylic acids is 1. The summed E-state index contributed by atoms with van der Waals surface area (Å²) in [6.45, 7) is 0. The zero-order valence-corrected chi connectivity index (χ0v) is 8.63. The van der Waals surface area contributed by atoms with E-state index in [4.69, 9.17) is 10.5 Å². The quantitative estimate of drug-likeness (QED) is 0.746. The van der Waals surface area contributed by atoms with E-state index in [9.17, 15) is 4.79 Å². The minimum absolute atomic E-state index is 0. The first-order chi connectivity index (χ1) is 6.19. The van der Waals surface area contributed by atoms with Gasteiger partial charge in [-0.05, 0) is 0 Å². The Morgan fingerprint density at radius 3 is 2.64 bits per heavy atom. The Hall–Kier alpha value is -1.49. The van der Waals surface area contributed by atoms with Gasteiger partial charge in [0.25, 0.3) is 0 Å². The van der Waals surface area contributed by atoms with E-state index in [1.807, 2.05) is 0 Å². The van der Waals surface area contributed by atoms with Crippen LogP contribution in [0.3, 0.4) is 0 Å². The van der Waals surface area contributed by atoms with Gasteiger partial charge in [-0.25, -0.2) is 9.78 Å². The summed E-state index contributed by atoms with van der Waals surface area (Å²) < 4.78 is 9.34. The molecule has 6 heteroatoms. The van der Waals surface area contributed by atoms with Crippen molar-refractivity contribution in [2.45, 2.75) is 0 Å². The summed E-state index contributed by atoms with van der Waals surface area (Å²) in [6, 6.07) is 1.43. The van der Waals surface area contributed by atoms with Crippen LogP contribution in [0.25, 0.3) is 0 Å². The maximum Gasteiger partial charge on any atom is 0.340 e. The average molecular weight is 219 g/mol. The smallest absolute Gasteiger partial charge is 0.340 e. The van der Waals surface area contributed by atoms with Gasteiger partial charge in [0.15, 0.2) is 0 Å². The molecule has 0 aromatic carbocycles. The highest BCUT2D eigenvalue weighted by Gasteiger charge is 2.11. The Bertz CT molecular complexity index is 330. The van der Waals surface area contributed by atoms with Crippen molar-refractivity contribution in [1.29, 1.82) is 0 Å². The fourth-order valence-electron chi connectivity index (χ4n) is 0.845. The zero-order chi connectivity index (χ0) is 9.84. The first-order valence-corrected chi connectivity index (χ1v) is 3.57. The van der Waals surface area contributed by atoms with E-state index in [-0.39, 0.29) is 23.7 Å². The summed E-state index contributed by atoms with van der Waals surface area (Å²) >= 11 is 0. The van der Waals surface area contributed by atoms with Crippen LogP contribution in [-0.2, 0) is 4.74 Å². The predicted molar refractivity (Wildman–Crippen MR) is 53.8 cm³/mol. The number of nitrogen functional groups attached to an aromatic ring is 1. The van der Waals surface area contributed by atoms with E-state index in [0.29, 0.717) is 5.88 Å². The molecule has 0 saturated heterocycles. The second-order valence-electron chi connectivity index (χ2n) is 2.31. The number of methoxy groups -OCH3 is 2. The van der Waals surface area contributed by atoms with Gasteiger partial charge in [0, 0.05) is 6.07 Å². The van der Waals surface area contributed by atoms with E-state index in [2.05, 4.69) is 9.72 Å². The van der Waals surface area contributed by atoms with Crippen molar-refractivity contribution in [3.05, 3.63) is 17.8 Å². The topological polar surface area (TPSA) is 74.4 Å². The van der Waals surface area contributed by atoms with Crippen molar-refractivity contribution in [3.63, 3.8) is 0 Å². The molecule has 1 heterocycles. The molecule has 0 atom stereocenters. The highest BCUT2D eigenvalue weighted by molar-refractivity contribution is 5.95. The van der Waals surface area contributed by atoms with E-state index < -0.39 is 5.97 Å². The molecule has 2 N–H and O–H groups in total. The number of hydrogen-bond acceptors (Lipinski definition) is 5. The summed E-state index contributed by atoms with van der Waals surface area (Å²) in [5, 5.41) is 0. The van der Waals surface area contributed by atoms with E-state index in [1.54, 1.807) is 0 Å². The lowest BCUT2D eigenvalue weighted by atomic mass is 10.2. The van der Waals surface area contributed by atoms with Gasteiger partial charge >= 0.3 is 5.97 Å². The van der Waals surface area contributed by atoms with Crippen LogP contribution in [0.1, 0.15) is 10.4 Å². The molecular weight excluding hydrogens is 208 g/mol. The summed E-state index contributed by atoms with van der Waals surface area (Å²) in [5.41, 5.74) is 6.03. The number of pyridine rings is 1. The Kier molecular flexibility index (Phi) is 4.72. The van der Waals surface area contributed by atoms with Gasteiger partial charge in [-0.1, -0.05) is 0 Å². The number of ether oxygens (including phenoxy) is 2. The molecule has 1 aromatic heterocycles. The van der Waals surface area contributed by atoms with Crippen LogP contribution in [0.4, 0.5) is 5.69 Å². The second-order valence-corrected chi connectivity index (χ2v) is 2.31. The fraction of sp³-hybridized carbons (Fsp3) is 0.250. The number of esters is 1. The number of hydrogen-bond donors (Lipinski definition) is 1. The molecule has 0 radical (unpaired) electrons. The molecule has 0 spiro atoms. The highest BCUT2D eigenvalue weighted by Crippen LogP contribution is 2.16. The SMILES string of the molecule is COC(=O)c1cc(OC)ncc1N.Cl. The number of carbonyl (C=O) groups is 1. The van der Waals surface area contributed by atoms with Gasteiger partial charge in [0.1, 0.15) is 0 Å². The normalized spacial score (nSPS) is 8.71. The monoisotopic (exact) mass is 218 g/mol. The highest BCUT2D eigenvalue weighted by atomic mass is 35.5. The number of rotatable bonds is 2. The molecule has 1 rings (SSSR count). The Labute approximate surface area is 87.6 Å². The van der Waals surface area contributed by atoms with Crippen LogP contribution in [0.5, 0.6) is 5.88 Å². The molecule has 0 amide bonds. The van der Waals surface area contributed by atoms with Crippen molar-refractivity contribution >= 4 is 24.1 Å². The van der Waals surface area contributed by atoms with Crippen LogP contribution < -0.4 is 10.5 Å². The Morgan fingerprint density at radius 1 is 1.50 bits per heavy atom. The number of halogens is 1. The first-order valence-electron chi connectivity index (χ1n) is 3.57. The molecule has 14 heavy (non-hydrogen) atoms. The lowest BCUT2D eigenvalue weighted by molar-refractivity contribution is 0.0601. The molecule has 78 valence electrons. The summed E-state index contributed by atoms with van der Waals surface area (Å²) in [4.78, 5) is 14.9. The number of anilines is 1. The van der Waals surface area contributed by atoms with Gasteiger partial charge in [-0.15, -0.1) is 12.4 Å². The van der Waals surface area contributed by atoms with E-state index in [1.165, 1.54) is 26.5 Å². The average Bonchev–Trinajstić information content (AvgIpc) is 2.17. The van der Waals surface area contributed by atoms with Crippen molar-refractivity contribution in [2.75, 3.05) is 20.0 Å². The third kappa shape index (κ3) is 2.50. The number of nitrogens with zero attached hydrogens (tertiary/aromatic N) is 1. The third-order valence-corrected chi connectivity index (χ3v) is 1.52. The summed E-state index contributed by atoms with van der Waals surface area (Å²) in [6.07, 6.45) is 1.35. The summed E-state index contributed by atoms with van der Waals surface area (Å²) in [7, 11) is 2.74. The molecule has 5 nitrogen and oxygen atoms in total. The van der Waals surface area contributed by atoms with Crippen LogP contribution >= 0.6 is 12.4 Å². The maximum absolute atomic E-state index is 11.1. The molecule has 1 aromatic rings. The van der Waals surface area contributed by atoms with Crippen molar-refractivity contribution in [1.82, 2.24) is 4.98 Å². The van der Waals surface area contributed by atoms with Crippen LogP contribution in [0.2, 0.25) is 0 Å². The molecule has 0 fully saturated rings.